The van der Waals surface area contributed by atoms with Gasteiger partial charge in [0.1, 0.15) is 0 Å². The molecule has 1 atom stereocenters. The van der Waals surface area contributed by atoms with Crippen LogP contribution in [0.2, 0.25) is 0 Å². The molecule has 1 unspecified atom stereocenters. The SMILES string of the molecule is Cc1ccc(C(=O)C(C)N(C)C(=O)CCC(=O)O)cc1C. The fraction of sp³-hybridized carbons (Fsp3) is 0.438. The molecule has 0 bridgehead atoms. The summed E-state index contributed by atoms with van der Waals surface area (Å²) >= 11 is 0. The van der Waals surface area contributed by atoms with Crippen LogP contribution < -0.4 is 0 Å². The van der Waals surface area contributed by atoms with Gasteiger partial charge >= 0.3 is 5.97 Å². The van der Waals surface area contributed by atoms with E-state index >= 15 is 0 Å². The summed E-state index contributed by atoms with van der Waals surface area (Å²) in [5.41, 5.74) is 2.68. The maximum atomic E-state index is 12.4. The number of amides is 1. The third kappa shape index (κ3) is 4.41. The van der Waals surface area contributed by atoms with Crippen LogP contribution in [0.4, 0.5) is 0 Å². The number of aryl methyl sites for hydroxylation is 2. The summed E-state index contributed by atoms with van der Waals surface area (Å²) < 4.78 is 0. The molecule has 1 aromatic rings. The van der Waals surface area contributed by atoms with E-state index in [9.17, 15) is 14.4 Å². The Morgan fingerprint density at radius 3 is 2.29 bits per heavy atom. The Hall–Kier alpha value is -2.17. The number of carboxylic acids is 1. The third-order valence-corrected chi connectivity index (χ3v) is 3.70. The van der Waals surface area contributed by atoms with Crippen LogP contribution in [0.5, 0.6) is 0 Å². The summed E-state index contributed by atoms with van der Waals surface area (Å²) in [7, 11) is 1.52. The second kappa shape index (κ2) is 7.02. The molecule has 0 aliphatic heterocycles. The van der Waals surface area contributed by atoms with Gasteiger partial charge in [-0.1, -0.05) is 12.1 Å². The van der Waals surface area contributed by atoms with Gasteiger partial charge in [0.05, 0.1) is 12.5 Å². The number of aliphatic carboxylic acids is 1. The number of hydrogen-bond donors (Lipinski definition) is 1. The standard InChI is InChI=1S/C16H21NO4/c1-10-5-6-13(9-11(10)2)16(21)12(3)17(4)14(18)7-8-15(19)20/h5-6,9,12H,7-8H2,1-4H3,(H,19,20). The molecule has 1 N–H and O–H groups in total. The summed E-state index contributed by atoms with van der Waals surface area (Å²) in [6, 6.07) is 4.82. The van der Waals surface area contributed by atoms with Crippen molar-refractivity contribution in [2.75, 3.05) is 7.05 Å². The molecule has 114 valence electrons. The molecule has 0 aliphatic rings. The van der Waals surface area contributed by atoms with Crippen molar-refractivity contribution < 1.29 is 19.5 Å². The summed E-state index contributed by atoms with van der Waals surface area (Å²) in [6.07, 6.45) is -0.329. The molecular formula is C16H21NO4. The van der Waals surface area contributed by atoms with E-state index < -0.39 is 12.0 Å². The number of carbonyl (C=O) groups is 3. The smallest absolute Gasteiger partial charge is 0.303 e. The van der Waals surface area contributed by atoms with Gasteiger partial charge in [-0.3, -0.25) is 14.4 Å². The van der Waals surface area contributed by atoms with Crippen LogP contribution in [0, 0.1) is 13.8 Å². The van der Waals surface area contributed by atoms with Crippen molar-refractivity contribution in [3.63, 3.8) is 0 Å². The summed E-state index contributed by atoms with van der Waals surface area (Å²) in [5, 5.41) is 8.59. The molecule has 0 aliphatic carbocycles. The number of rotatable bonds is 6. The first-order valence-corrected chi connectivity index (χ1v) is 6.83. The highest BCUT2D eigenvalue weighted by atomic mass is 16.4. The predicted octanol–water partition coefficient (Wildman–Crippen LogP) is 2.20. The highest BCUT2D eigenvalue weighted by molar-refractivity contribution is 6.01. The van der Waals surface area contributed by atoms with Gasteiger partial charge in [-0.25, -0.2) is 0 Å². The Morgan fingerprint density at radius 2 is 1.76 bits per heavy atom. The molecule has 1 rings (SSSR count). The lowest BCUT2D eigenvalue weighted by atomic mass is 9.99. The highest BCUT2D eigenvalue weighted by Crippen LogP contribution is 2.14. The minimum absolute atomic E-state index is 0.101. The number of ketones is 1. The highest BCUT2D eigenvalue weighted by Gasteiger charge is 2.23. The number of benzene rings is 1. The van der Waals surface area contributed by atoms with Crippen LogP contribution in [0.25, 0.3) is 0 Å². The van der Waals surface area contributed by atoms with Crippen LogP contribution in [0.3, 0.4) is 0 Å². The molecule has 5 heteroatoms. The molecule has 0 spiro atoms. The first-order valence-electron chi connectivity index (χ1n) is 6.83. The minimum atomic E-state index is -1.02. The molecule has 0 heterocycles. The van der Waals surface area contributed by atoms with Crippen molar-refractivity contribution in [3.8, 4) is 0 Å². The van der Waals surface area contributed by atoms with Crippen molar-refractivity contribution in [2.24, 2.45) is 0 Å². The maximum Gasteiger partial charge on any atom is 0.303 e. The van der Waals surface area contributed by atoms with E-state index in [2.05, 4.69) is 0 Å². The zero-order valence-corrected chi connectivity index (χ0v) is 12.8. The van der Waals surface area contributed by atoms with Gasteiger partial charge in [-0.2, -0.15) is 0 Å². The first-order chi connectivity index (χ1) is 9.73. The summed E-state index contributed by atoms with van der Waals surface area (Å²) in [6.45, 7) is 5.54. The Labute approximate surface area is 124 Å². The molecular weight excluding hydrogens is 270 g/mol. The number of carbonyl (C=O) groups excluding carboxylic acids is 2. The molecule has 0 saturated carbocycles. The van der Waals surface area contributed by atoms with Gasteiger partial charge in [0.25, 0.3) is 0 Å². The van der Waals surface area contributed by atoms with E-state index in [1.54, 1.807) is 13.0 Å². The maximum absolute atomic E-state index is 12.4. The summed E-state index contributed by atoms with van der Waals surface area (Å²) in [5.74, 6) is -1.52. The average molecular weight is 291 g/mol. The van der Waals surface area contributed by atoms with E-state index in [4.69, 9.17) is 5.11 Å². The zero-order valence-electron chi connectivity index (χ0n) is 12.8. The average Bonchev–Trinajstić information content (AvgIpc) is 2.45. The normalized spacial score (nSPS) is 11.8. The largest absolute Gasteiger partial charge is 0.481 e. The zero-order chi connectivity index (χ0) is 16.2. The van der Waals surface area contributed by atoms with Crippen LogP contribution in [0.1, 0.15) is 41.3 Å². The molecule has 0 fully saturated rings. The number of carboxylic acid groups (broad SMARTS) is 1. The van der Waals surface area contributed by atoms with Crippen molar-refractivity contribution in [3.05, 3.63) is 34.9 Å². The van der Waals surface area contributed by atoms with Crippen molar-refractivity contribution in [1.29, 1.82) is 0 Å². The molecule has 21 heavy (non-hydrogen) atoms. The monoisotopic (exact) mass is 291 g/mol. The molecule has 0 saturated heterocycles. The van der Waals surface area contributed by atoms with Gasteiger partial charge in [0.15, 0.2) is 5.78 Å². The van der Waals surface area contributed by atoms with E-state index in [1.165, 1.54) is 11.9 Å². The first kappa shape index (κ1) is 16.9. The van der Waals surface area contributed by atoms with Crippen molar-refractivity contribution >= 4 is 17.7 Å². The van der Waals surface area contributed by atoms with Crippen molar-refractivity contribution in [1.82, 2.24) is 4.90 Å². The van der Waals surface area contributed by atoms with Gasteiger partial charge < -0.3 is 10.0 Å². The lowest BCUT2D eigenvalue weighted by Gasteiger charge is -2.24. The Kier molecular flexibility index (Phi) is 5.64. The quantitative estimate of drug-likeness (QED) is 0.815. The lowest BCUT2D eigenvalue weighted by molar-refractivity contribution is -0.140. The van der Waals surface area contributed by atoms with E-state index in [-0.39, 0.29) is 24.5 Å². The predicted molar refractivity (Wildman–Crippen MR) is 79.3 cm³/mol. The van der Waals surface area contributed by atoms with Crippen LogP contribution >= 0.6 is 0 Å². The number of nitrogens with zero attached hydrogens (tertiary/aromatic N) is 1. The van der Waals surface area contributed by atoms with Crippen LogP contribution in [0.15, 0.2) is 18.2 Å². The molecule has 5 nitrogen and oxygen atoms in total. The van der Waals surface area contributed by atoms with E-state index in [1.807, 2.05) is 26.0 Å². The second-order valence-corrected chi connectivity index (χ2v) is 5.24. The Balaban J connectivity index is 2.79. The van der Waals surface area contributed by atoms with Gasteiger partial charge in [0.2, 0.25) is 5.91 Å². The van der Waals surface area contributed by atoms with E-state index in [0.29, 0.717) is 5.56 Å². The fourth-order valence-corrected chi connectivity index (χ4v) is 1.92. The summed E-state index contributed by atoms with van der Waals surface area (Å²) in [4.78, 5) is 36.0. The molecule has 1 aromatic carbocycles. The second-order valence-electron chi connectivity index (χ2n) is 5.24. The molecule has 1 amide bonds. The van der Waals surface area contributed by atoms with Crippen LogP contribution in [-0.4, -0.2) is 40.8 Å². The number of Topliss-reactive ketones (excluding diaryl/α,β-unsaturated/α-hetero) is 1. The minimum Gasteiger partial charge on any atom is -0.481 e. The molecule has 0 aromatic heterocycles. The van der Waals surface area contributed by atoms with Gasteiger partial charge in [0, 0.05) is 19.0 Å². The van der Waals surface area contributed by atoms with Crippen LogP contribution in [-0.2, 0) is 9.59 Å². The van der Waals surface area contributed by atoms with Gasteiger partial charge in [-0.05, 0) is 38.0 Å². The fourth-order valence-electron chi connectivity index (χ4n) is 1.92. The topological polar surface area (TPSA) is 74.7 Å². The lowest BCUT2D eigenvalue weighted by Crippen LogP contribution is -2.40. The van der Waals surface area contributed by atoms with Gasteiger partial charge in [-0.15, -0.1) is 0 Å². The van der Waals surface area contributed by atoms with Crippen molar-refractivity contribution in [2.45, 2.75) is 39.7 Å². The number of likely N-dealkylation sites (N-methyl/N-ethyl adjacent to an activating group) is 1. The Morgan fingerprint density at radius 1 is 1.14 bits per heavy atom. The molecule has 0 radical (unpaired) electrons. The third-order valence-electron chi connectivity index (χ3n) is 3.70. The van der Waals surface area contributed by atoms with E-state index in [0.717, 1.165) is 11.1 Å². The number of hydrogen-bond acceptors (Lipinski definition) is 3. The Bertz CT molecular complexity index is 565.